The molecule has 2 aliphatic rings. The molecule has 0 aromatic carbocycles. The molecule has 126 valence electrons. The third-order valence-electron chi connectivity index (χ3n) is 5.42. The molecule has 1 spiro atoms. The van der Waals surface area contributed by atoms with E-state index in [2.05, 4.69) is 28.9 Å². The van der Waals surface area contributed by atoms with Crippen molar-refractivity contribution in [2.45, 2.75) is 26.8 Å². The fourth-order valence-corrected chi connectivity index (χ4v) is 4.10. The fraction of sp³-hybridized carbons (Fsp3) is 0.667. The second kappa shape index (κ2) is 6.57. The Hall–Kier alpha value is -1.46. The summed E-state index contributed by atoms with van der Waals surface area (Å²) in [5.41, 5.74) is 1.94. The number of carbonyl (C=O) groups is 1. The molecule has 3 heterocycles. The molecule has 5 heteroatoms. The van der Waals surface area contributed by atoms with E-state index in [1.165, 1.54) is 0 Å². The molecule has 0 N–H and O–H groups in total. The molecule has 2 saturated heterocycles. The molecule has 23 heavy (non-hydrogen) atoms. The third-order valence-corrected chi connectivity index (χ3v) is 5.42. The number of rotatable bonds is 5. The zero-order valence-corrected chi connectivity index (χ0v) is 14.4. The molecular formula is C18H27N3O2. The van der Waals surface area contributed by atoms with Crippen molar-refractivity contribution in [2.75, 3.05) is 39.9 Å². The summed E-state index contributed by atoms with van der Waals surface area (Å²) in [5, 5.41) is 0. The summed E-state index contributed by atoms with van der Waals surface area (Å²) in [6.07, 6.45) is 0.967. The Balaban J connectivity index is 1.67. The van der Waals surface area contributed by atoms with E-state index in [4.69, 9.17) is 4.74 Å². The smallest absolute Gasteiger partial charge is 0.230 e. The van der Waals surface area contributed by atoms with Gasteiger partial charge in [0.05, 0.1) is 17.7 Å². The number of carbonyl (C=O) groups excluding carboxylic acids is 1. The second-order valence-corrected chi connectivity index (χ2v) is 7.03. The first-order valence-corrected chi connectivity index (χ1v) is 8.48. The highest BCUT2D eigenvalue weighted by Crippen LogP contribution is 2.44. The van der Waals surface area contributed by atoms with E-state index in [0.29, 0.717) is 25.0 Å². The number of aromatic nitrogens is 1. The summed E-state index contributed by atoms with van der Waals surface area (Å²) in [6.45, 7) is 9.09. The van der Waals surface area contributed by atoms with Crippen LogP contribution in [0.5, 0.6) is 0 Å². The van der Waals surface area contributed by atoms with Gasteiger partial charge < -0.3 is 9.64 Å². The number of likely N-dealkylation sites (tertiary alicyclic amines) is 2. The molecule has 0 saturated carbocycles. The molecule has 5 nitrogen and oxygen atoms in total. The highest BCUT2D eigenvalue weighted by molar-refractivity contribution is 5.86. The number of amides is 1. The molecule has 2 atom stereocenters. The summed E-state index contributed by atoms with van der Waals surface area (Å²) >= 11 is 0. The zero-order chi connectivity index (χ0) is 16.4. The summed E-state index contributed by atoms with van der Waals surface area (Å²) in [4.78, 5) is 21.9. The molecule has 1 amide bonds. The van der Waals surface area contributed by atoms with Crippen molar-refractivity contribution in [3.63, 3.8) is 0 Å². The number of nitrogens with zero attached hydrogens (tertiary/aromatic N) is 3. The standard InChI is InChI=1S/C18H27N3O2/c1-14-11-20(12-16-6-4-5-15(2)19-16)13-18(14)7-8-21(17(18)22)9-10-23-3/h4-6,14H,7-13H2,1-3H3/t14-,18-/m0/s1. The number of ether oxygens (including phenoxy) is 1. The van der Waals surface area contributed by atoms with Crippen LogP contribution in [0.15, 0.2) is 18.2 Å². The fourth-order valence-electron chi connectivity index (χ4n) is 4.10. The first-order chi connectivity index (χ1) is 11.0. The number of hydrogen-bond donors (Lipinski definition) is 0. The van der Waals surface area contributed by atoms with Gasteiger partial charge in [0.25, 0.3) is 0 Å². The van der Waals surface area contributed by atoms with Gasteiger partial charge in [-0.05, 0) is 31.4 Å². The number of hydrogen-bond acceptors (Lipinski definition) is 4. The predicted octanol–water partition coefficient (Wildman–Crippen LogP) is 1.71. The van der Waals surface area contributed by atoms with Crippen LogP contribution in [0.2, 0.25) is 0 Å². The highest BCUT2D eigenvalue weighted by Gasteiger charge is 2.54. The Labute approximate surface area is 138 Å². The molecular weight excluding hydrogens is 290 g/mol. The lowest BCUT2D eigenvalue weighted by molar-refractivity contribution is -0.137. The van der Waals surface area contributed by atoms with Gasteiger partial charge in [-0.15, -0.1) is 0 Å². The molecule has 0 bridgehead atoms. The number of aryl methyl sites for hydroxylation is 1. The molecule has 0 radical (unpaired) electrons. The average molecular weight is 317 g/mol. The monoisotopic (exact) mass is 317 g/mol. The molecule has 2 fully saturated rings. The van der Waals surface area contributed by atoms with Crippen molar-refractivity contribution >= 4 is 5.91 Å². The van der Waals surface area contributed by atoms with E-state index >= 15 is 0 Å². The SMILES string of the molecule is COCCN1CC[C@@]2(CN(Cc3cccc(C)n3)C[C@@H]2C)C1=O. The molecule has 1 aromatic heterocycles. The van der Waals surface area contributed by atoms with Gasteiger partial charge in [0.15, 0.2) is 0 Å². The minimum absolute atomic E-state index is 0.197. The van der Waals surface area contributed by atoms with Crippen molar-refractivity contribution in [3.8, 4) is 0 Å². The topological polar surface area (TPSA) is 45.7 Å². The Morgan fingerprint density at radius 2 is 2.26 bits per heavy atom. The summed E-state index contributed by atoms with van der Waals surface area (Å²) < 4.78 is 5.13. The highest BCUT2D eigenvalue weighted by atomic mass is 16.5. The Kier molecular flexibility index (Phi) is 4.69. The van der Waals surface area contributed by atoms with Crippen LogP contribution in [-0.4, -0.2) is 60.6 Å². The van der Waals surface area contributed by atoms with E-state index in [-0.39, 0.29) is 5.41 Å². The maximum atomic E-state index is 12.9. The van der Waals surface area contributed by atoms with Gasteiger partial charge in [0.2, 0.25) is 5.91 Å². The minimum atomic E-state index is -0.197. The summed E-state index contributed by atoms with van der Waals surface area (Å²) in [6, 6.07) is 6.15. The van der Waals surface area contributed by atoms with Gasteiger partial charge in [-0.2, -0.15) is 0 Å². The third kappa shape index (κ3) is 3.12. The van der Waals surface area contributed by atoms with E-state index < -0.39 is 0 Å². The molecule has 2 aliphatic heterocycles. The van der Waals surface area contributed by atoms with Gasteiger partial charge in [-0.3, -0.25) is 14.7 Å². The Morgan fingerprint density at radius 1 is 1.43 bits per heavy atom. The van der Waals surface area contributed by atoms with Crippen molar-refractivity contribution in [2.24, 2.45) is 11.3 Å². The molecule has 3 rings (SSSR count). The van der Waals surface area contributed by atoms with Crippen LogP contribution in [0.3, 0.4) is 0 Å². The van der Waals surface area contributed by atoms with Crippen LogP contribution < -0.4 is 0 Å². The normalized spacial score (nSPS) is 28.2. The average Bonchev–Trinajstić information content (AvgIpc) is 2.99. The summed E-state index contributed by atoms with van der Waals surface area (Å²) in [7, 11) is 1.69. The zero-order valence-electron chi connectivity index (χ0n) is 14.4. The first kappa shape index (κ1) is 16.4. The molecule has 1 aromatic rings. The van der Waals surface area contributed by atoms with E-state index in [0.717, 1.165) is 44.0 Å². The number of pyridine rings is 1. The van der Waals surface area contributed by atoms with Crippen molar-refractivity contribution in [1.82, 2.24) is 14.8 Å². The quantitative estimate of drug-likeness (QED) is 0.829. The Bertz CT molecular complexity index is 577. The lowest BCUT2D eigenvalue weighted by Crippen LogP contribution is -2.40. The minimum Gasteiger partial charge on any atom is -0.383 e. The van der Waals surface area contributed by atoms with Crippen molar-refractivity contribution < 1.29 is 9.53 Å². The van der Waals surface area contributed by atoms with E-state index in [1.807, 2.05) is 17.9 Å². The maximum Gasteiger partial charge on any atom is 0.230 e. The van der Waals surface area contributed by atoms with Gasteiger partial charge in [0.1, 0.15) is 0 Å². The van der Waals surface area contributed by atoms with E-state index in [1.54, 1.807) is 7.11 Å². The van der Waals surface area contributed by atoms with Crippen LogP contribution in [-0.2, 0) is 16.1 Å². The lowest BCUT2D eigenvalue weighted by atomic mass is 9.78. The first-order valence-electron chi connectivity index (χ1n) is 8.48. The van der Waals surface area contributed by atoms with Crippen molar-refractivity contribution in [1.29, 1.82) is 0 Å². The van der Waals surface area contributed by atoms with Gasteiger partial charge >= 0.3 is 0 Å². The van der Waals surface area contributed by atoms with Crippen molar-refractivity contribution in [3.05, 3.63) is 29.6 Å². The predicted molar refractivity (Wildman–Crippen MR) is 88.9 cm³/mol. The van der Waals surface area contributed by atoms with Crippen LogP contribution >= 0.6 is 0 Å². The van der Waals surface area contributed by atoms with Gasteiger partial charge in [-0.25, -0.2) is 0 Å². The van der Waals surface area contributed by atoms with E-state index in [9.17, 15) is 4.79 Å². The second-order valence-electron chi connectivity index (χ2n) is 7.03. The number of methoxy groups -OCH3 is 1. The lowest BCUT2D eigenvalue weighted by Gasteiger charge is -2.26. The van der Waals surface area contributed by atoms with Crippen LogP contribution in [0, 0.1) is 18.3 Å². The van der Waals surface area contributed by atoms with Crippen LogP contribution in [0.4, 0.5) is 0 Å². The van der Waals surface area contributed by atoms with Crippen LogP contribution in [0.25, 0.3) is 0 Å². The largest absolute Gasteiger partial charge is 0.383 e. The van der Waals surface area contributed by atoms with Crippen LogP contribution in [0.1, 0.15) is 24.7 Å². The summed E-state index contributed by atoms with van der Waals surface area (Å²) in [5.74, 6) is 0.717. The maximum absolute atomic E-state index is 12.9. The molecule has 0 aliphatic carbocycles. The Morgan fingerprint density at radius 3 is 3.00 bits per heavy atom. The van der Waals surface area contributed by atoms with Gasteiger partial charge in [0, 0.05) is 45.5 Å². The molecule has 0 unspecified atom stereocenters. The van der Waals surface area contributed by atoms with Gasteiger partial charge in [-0.1, -0.05) is 13.0 Å².